The summed E-state index contributed by atoms with van der Waals surface area (Å²) >= 11 is 1.23. The predicted molar refractivity (Wildman–Crippen MR) is 86.6 cm³/mol. The molecule has 1 amide bonds. The highest BCUT2D eigenvalue weighted by Crippen LogP contribution is 2.32. The molecule has 1 aliphatic rings. The van der Waals surface area contributed by atoms with E-state index in [1.807, 2.05) is 0 Å². The number of carboxylic acid groups (broad SMARTS) is 1. The average molecular weight is 339 g/mol. The van der Waals surface area contributed by atoms with Crippen LogP contribution in [-0.4, -0.2) is 29.1 Å². The van der Waals surface area contributed by atoms with Gasteiger partial charge in [-0.15, -0.1) is 11.3 Å². The van der Waals surface area contributed by atoms with E-state index in [2.05, 4.69) is 5.32 Å². The normalized spacial score (nSPS) is 21.0. The van der Waals surface area contributed by atoms with Crippen molar-refractivity contribution in [1.29, 1.82) is 0 Å². The molecule has 0 bridgehead atoms. The summed E-state index contributed by atoms with van der Waals surface area (Å²) in [6, 6.07) is 1.60. The second kappa shape index (κ2) is 7.59. The van der Waals surface area contributed by atoms with Gasteiger partial charge in [0.15, 0.2) is 0 Å². The van der Waals surface area contributed by atoms with Gasteiger partial charge in [-0.05, 0) is 38.1 Å². The third-order valence-corrected chi connectivity index (χ3v) is 4.71. The lowest BCUT2D eigenvalue weighted by Crippen LogP contribution is -2.36. The molecular formula is C16H21NO5S. The van der Waals surface area contributed by atoms with Crippen molar-refractivity contribution < 1.29 is 24.2 Å². The zero-order valence-corrected chi connectivity index (χ0v) is 14.0. The molecule has 0 aliphatic heterocycles. The fourth-order valence-electron chi connectivity index (χ4n) is 2.79. The van der Waals surface area contributed by atoms with E-state index in [-0.39, 0.29) is 12.0 Å². The summed E-state index contributed by atoms with van der Waals surface area (Å²) in [7, 11) is 0. The zero-order chi connectivity index (χ0) is 17.0. The molecule has 126 valence electrons. The number of anilines is 1. The van der Waals surface area contributed by atoms with E-state index in [9.17, 15) is 19.5 Å². The molecule has 1 heterocycles. The first-order valence-corrected chi connectivity index (χ1v) is 8.60. The Morgan fingerprint density at radius 2 is 1.91 bits per heavy atom. The molecule has 2 atom stereocenters. The quantitative estimate of drug-likeness (QED) is 0.804. The highest BCUT2D eigenvalue weighted by molar-refractivity contribution is 7.14. The molecule has 7 heteroatoms. The summed E-state index contributed by atoms with van der Waals surface area (Å²) in [5.74, 6) is -2.98. The first-order chi connectivity index (χ1) is 10.9. The van der Waals surface area contributed by atoms with Gasteiger partial charge < -0.3 is 15.2 Å². The Hall–Kier alpha value is -1.89. The summed E-state index contributed by atoms with van der Waals surface area (Å²) in [6.07, 6.45) is 2.49. The first kappa shape index (κ1) is 17.5. The lowest BCUT2D eigenvalue weighted by molar-refractivity contribution is -0.147. The van der Waals surface area contributed by atoms with Gasteiger partial charge in [0.1, 0.15) is 5.00 Å². The minimum absolute atomic E-state index is 0.249. The number of nitrogens with one attached hydrogen (secondary N) is 1. The maximum atomic E-state index is 12.5. The third-order valence-electron chi connectivity index (χ3n) is 3.88. The Labute approximate surface area is 138 Å². The molecule has 1 saturated carbocycles. The number of hydrogen-bond acceptors (Lipinski definition) is 5. The van der Waals surface area contributed by atoms with Gasteiger partial charge in [-0.1, -0.05) is 12.8 Å². The van der Waals surface area contributed by atoms with Crippen LogP contribution >= 0.6 is 11.3 Å². The van der Waals surface area contributed by atoms with Crippen LogP contribution in [-0.2, 0) is 14.3 Å². The van der Waals surface area contributed by atoms with Crippen LogP contribution < -0.4 is 5.32 Å². The molecule has 2 N–H and O–H groups in total. The van der Waals surface area contributed by atoms with E-state index in [1.165, 1.54) is 11.3 Å². The maximum Gasteiger partial charge on any atom is 0.341 e. The van der Waals surface area contributed by atoms with E-state index in [0.29, 0.717) is 23.4 Å². The van der Waals surface area contributed by atoms with Gasteiger partial charge in [-0.3, -0.25) is 9.59 Å². The number of aliphatic carboxylic acids is 1. The first-order valence-electron chi connectivity index (χ1n) is 7.72. The molecular weight excluding hydrogens is 318 g/mol. The molecule has 0 radical (unpaired) electrons. The van der Waals surface area contributed by atoms with Gasteiger partial charge in [0.05, 0.1) is 23.5 Å². The fraction of sp³-hybridized carbons (Fsp3) is 0.562. The number of thiophene rings is 1. The van der Waals surface area contributed by atoms with Crippen LogP contribution in [0.3, 0.4) is 0 Å². The summed E-state index contributed by atoms with van der Waals surface area (Å²) in [4.78, 5) is 35.8. The zero-order valence-electron chi connectivity index (χ0n) is 13.2. The highest BCUT2D eigenvalue weighted by atomic mass is 32.1. The van der Waals surface area contributed by atoms with Crippen LogP contribution in [0.25, 0.3) is 0 Å². The van der Waals surface area contributed by atoms with Crippen molar-refractivity contribution in [2.75, 3.05) is 5.32 Å². The molecule has 0 unspecified atom stereocenters. The smallest absolute Gasteiger partial charge is 0.341 e. The molecule has 1 fully saturated rings. The average Bonchev–Trinajstić information content (AvgIpc) is 2.94. The van der Waals surface area contributed by atoms with Gasteiger partial charge in [0.25, 0.3) is 0 Å². The number of carbonyl (C=O) groups excluding carboxylic acids is 2. The number of carboxylic acids is 1. The van der Waals surface area contributed by atoms with Crippen LogP contribution in [0.15, 0.2) is 11.4 Å². The molecule has 0 aromatic carbocycles. The number of esters is 1. The van der Waals surface area contributed by atoms with Crippen molar-refractivity contribution in [2.24, 2.45) is 11.8 Å². The van der Waals surface area contributed by atoms with Crippen LogP contribution in [0.2, 0.25) is 0 Å². The largest absolute Gasteiger partial charge is 0.481 e. The van der Waals surface area contributed by atoms with Gasteiger partial charge in [0, 0.05) is 0 Å². The predicted octanol–water partition coefficient (Wildman–Crippen LogP) is 3.14. The summed E-state index contributed by atoms with van der Waals surface area (Å²) in [5.41, 5.74) is 0.305. The Morgan fingerprint density at radius 1 is 1.26 bits per heavy atom. The Kier molecular flexibility index (Phi) is 5.76. The molecule has 2 rings (SSSR count). The van der Waals surface area contributed by atoms with E-state index in [4.69, 9.17) is 4.74 Å². The highest BCUT2D eigenvalue weighted by Gasteiger charge is 2.36. The van der Waals surface area contributed by atoms with Crippen LogP contribution in [0.4, 0.5) is 5.00 Å². The van der Waals surface area contributed by atoms with Crippen LogP contribution in [0, 0.1) is 11.8 Å². The molecule has 1 aliphatic carbocycles. The Morgan fingerprint density at radius 3 is 2.52 bits per heavy atom. The minimum Gasteiger partial charge on any atom is -0.481 e. The van der Waals surface area contributed by atoms with E-state index in [0.717, 1.165) is 12.8 Å². The van der Waals surface area contributed by atoms with Crippen molar-refractivity contribution in [3.63, 3.8) is 0 Å². The van der Waals surface area contributed by atoms with E-state index < -0.39 is 23.8 Å². The molecule has 23 heavy (non-hydrogen) atoms. The summed E-state index contributed by atoms with van der Waals surface area (Å²) in [6.45, 7) is 3.50. The van der Waals surface area contributed by atoms with Gasteiger partial charge in [-0.25, -0.2) is 4.79 Å². The van der Waals surface area contributed by atoms with Crippen molar-refractivity contribution in [1.82, 2.24) is 0 Å². The molecule has 1 aromatic rings. The lowest BCUT2D eigenvalue weighted by Gasteiger charge is -2.27. The third kappa shape index (κ3) is 4.31. The minimum atomic E-state index is -0.935. The van der Waals surface area contributed by atoms with Crippen molar-refractivity contribution >= 4 is 34.2 Å². The SMILES string of the molecule is CC(C)OC(=O)c1ccsc1NC(=O)[C@H]1CCCC[C@H]1C(=O)O. The van der Waals surface area contributed by atoms with E-state index in [1.54, 1.807) is 25.3 Å². The number of hydrogen-bond donors (Lipinski definition) is 2. The van der Waals surface area contributed by atoms with E-state index >= 15 is 0 Å². The standard InChI is InChI=1S/C16H21NO5S/c1-9(2)22-16(21)12-7-8-23-14(12)17-13(18)10-5-3-4-6-11(10)15(19)20/h7-11H,3-6H2,1-2H3,(H,17,18)(H,19,20)/t10-,11+/m0/s1. The fourth-order valence-corrected chi connectivity index (χ4v) is 3.57. The van der Waals surface area contributed by atoms with Crippen LogP contribution in [0.1, 0.15) is 49.9 Å². The molecule has 1 aromatic heterocycles. The number of amides is 1. The lowest BCUT2D eigenvalue weighted by atomic mass is 9.79. The van der Waals surface area contributed by atoms with Crippen molar-refractivity contribution in [3.8, 4) is 0 Å². The maximum absolute atomic E-state index is 12.5. The Balaban J connectivity index is 2.10. The van der Waals surface area contributed by atoms with Crippen molar-refractivity contribution in [3.05, 3.63) is 17.0 Å². The molecule has 0 spiro atoms. The van der Waals surface area contributed by atoms with Gasteiger partial charge in [-0.2, -0.15) is 0 Å². The van der Waals surface area contributed by atoms with Crippen LogP contribution in [0.5, 0.6) is 0 Å². The number of rotatable bonds is 5. The number of carbonyl (C=O) groups is 3. The molecule has 6 nitrogen and oxygen atoms in total. The molecule has 0 saturated heterocycles. The summed E-state index contributed by atoms with van der Waals surface area (Å²) < 4.78 is 5.14. The summed E-state index contributed by atoms with van der Waals surface area (Å²) in [5, 5.41) is 14.1. The Bertz CT molecular complexity index is 595. The van der Waals surface area contributed by atoms with Crippen molar-refractivity contribution in [2.45, 2.75) is 45.6 Å². The monoisotopic (exact) mass is 339 g/mol. The van der Waals surface area contributed by atoms with Gasteiger partial charge >= 0.3 is 11.9 Å². The second-order valence-corrected chi connectivity index (χ2v) is 6.86. The second-order valence-electron chi connectivity index (χ2n) is 5.94. The number of ether oxygens (including phenoxy) is 1. The topological polar surface area (TPSA) is 92.7 Å². The van der Waals surface area contributed by atoms with Gasteiger partial charge in [0.2, 0.25) is 5.91 Å².